The Morgan fingerprint density at radius 1 is 1.47 bits per heavy atom. The van der Waals surface area contributed by atoms with E-state index in [-0.39, 0.29) is 0 Å². The third-order valence-electron chi connectivity index (χ3n) is 1.89. The van der Waals surface area contributed by atoms with Gasteiger partial charge in [-0.25, -0.2) is 4.98 Å². The van der Waals surface area contributed by atoms with Crippen molar-refractivity contribution in [3.63, 3.8) is 0 Å². The average Bonchev–Trinajstić information content (AvgIpc) is 2.63. The van der Waals surface area contributed by atoms with Crippen LogP contribution in [0.4, 0.5) is 8.78 Å². The molecule has 6 heteroatoms. The minimum absolute atomic E-state index is 0.304. The summed E-state index contributed by atoms with van der Waals surface area (Å²) in [7, 11) is 1.49. The minimum atomic E-state index is -2.71. The van der Waals surface area contributed by atoms with Crippen molar-refractivity contribution in [2.24, 2.45) is 0 Å². The topological polar surface area (TPSA) is 35.3 Å². The van der Waals surface area contributed by atoms with Gasteiger partial charge in [-0.15, -0.1) is 0 Å². The highest BCUT2D eigenvalue weighted by Crippen LogP contribution is 2.34. The molecule has 80 valence electrons. The lowest BCUT2D eigenvalue weighted by Gasteiger charge is -2.00. The average molecular weight is 278 g/mol. The van der Waals surface area contributed by atoms with Gasteiger partial charge in [-0.3, -0.25) is 0 Å². The molecule has 2 rings (SSSR count). The van der Waals surface area contributed by atoms with Gasteiger partial charge in [0.1, 0.15) is 11.3 Å². The molecule has 0 N–H and O–H groups in total. The number of fused-ring (bicyclic) bond motifs is 1. The summed E-state index contributed by atoms with van der Waals surface area (Å²) in [6.45, 7) is 0. The number of nitrogens with zero attached hydrogens (tertiary/aromatic N) is 1. The Bertz CT molecular complexity index is 498. The summed E-state index contributed by atoms with van der Waals surface area (Å²) in [5, 5.41) is 0. The third-order valence-corrected chi connectivity index (χ3v) is 2.65. The highest BCUT2D eigenvalue weighted by molar-refractivity contribution is 9.10. The molecule has 1 aromatic carbocycles. The maximum atomic E-state index is 12.3. The Balaban J connectivity index is 2.66. The summed E-state index contributed by atoms with van der Waals surface area (Å²) in [5.41, 5.74) is 0.641. The predicted molar refractivity (Wildman–Crippen MR) is 53.2 cm³/mol. The molecule has 0 saturated heterocycles. The number of hydrogen-bond acceptors (Lipinski definition) is 3. The Labute approximate surface area is 92.2 Å². The van der Waals surface area contributed by atoms with E-state index in [0.29, 0.717) is 21.3 Å². The van der Waals surface area contributed by atoms with E-state index in [1.807, 2.05) is 0 Å². The molecule has 0 fully saturated rings. The number of aromatic nitrogens is 1. The molecule has 1 aromatic heterocycles. The molecule has 0 amide bonds. The van der Waals surface area contributed by atoms with Crippen LogP contribution in [0.25, 0.3) is 11.1 Å². The summed E-state index contributed by atoms with van der Waals surface area (Å²) in [6, 6.07) is 3.16. The number of methoxy groups -OCH3 is 1. The smallest absolute Gasteiger partial charge is 0.313 e. The Morgan fingerprint density at radius 3 is 2.80 bits per heavy atom. The number of hydrogen-bond donors (Lipinski definition) is 0. The Hall–Kier alpha value is -1.17. The summed E-state index contributed by atoms with van der Waals surface area (Å²) in [6.07, 6.45) is -2.71. The van der Waals surface area contributed by atoms with E-state index in [0.717, 1.165) is 0 Å². The summed E-state index contributed by atoms with van der Waals surface area (Å²) in [4.78, 5) is 3.68. The van der Waals surface area contributed by atoms with Crippen LogP contribution in [0.15, 0.2) is 21.0 Å². The van der Waals surface area contributed by atoms with Crippen LogP contribution >= 0.6 is 15.9 Å². The van der Waals surface area contributed by atoms with Crippen molar-refractivity contribution in [2.75, 3.05) is 7.11 Å². The van der Waals surface area contributed by atoms with Crippen molar-refractivity contribution in [1.82, 2.24) is 4.98 Å². The van der Waals surface area contributed by atoms with Crippen LogP contribution in [-0.2, 0) is 0 Å². The molecule has 2 aromatic rings. The summed E-state index contributed by atoms with van der Waals surface area (Å²) >= 11 is 3.21. The minimum Gasteiger partial charge on any atom is -0.495 e. The maximum Gasteiger partial charge on any atom is 0.313 e. The number of oxazole rings is 1. The SMILES string of the molecule is COc1ccc2oc(C(F)F)nc2c1Br. The van der Waals surface area contributed by atoms with Gasteiger partial charge < -0.3 is 9.15 Å². The second-order valence-corrected chi connectivity index (χ2v) is 3.57. The summed E-state index contributed by atoms with van der Waals surface area (Å²) < 4.78 is 35.0. The quantitative estimate of drug-likeness (QED) is 0.842. The third kappa shape index (κ3) is 1.69. The molecule has 0 unspecified atom stereocenters. The van der Waals surface area contributed by atoms with Crippen LogP contribution in [0.3, 0.4) is 0 Å². The molecule has 0 spiro atoms. The lowest BCUT2D eigenvalue weighted by Crippen LogP contribution is -1.85. The molecule has 15 heavy (non-hydrogen) atoms. The lowest BCUT2D eigenvalue weighted by molar-refractivity contribution is 0.117. The van der Waals surface area contributed by atoms with Gasteiger partial charge in [0.15, 0.2) is 5.58 Å². The second-order valence-electron chi connectivity index (χ2n) is 2.78. The lowest BCUT2D eigenvalue weighted by atomic mass is 10.3. The van der Waals surface area contributed by atoms with Crippen molar-refractivity contribution in [2.45, 2.75) is 6.43 Å². The molecule has 0 aliphatic carbocycles. The molecule has 0 aliphatic heterocycles. The number of benzene rings is 1. The monoisotopic (exact) mass is 277 g/mol. The van der Waals surface area contributed by atoms with E-state index < -0.39 is 12.3 Å². The van der Waals surface area contributed by atoms with Crippen LogP contribution in [0, 0.1) is 0 Å². The normalized spacial score (nSPS) is 11.3. The van der Waals surface area contributed by atoms with E-state index >= 15 is 0 Å². The number of rotatable bonds is 2. The van der Waals surface area contributed by atoms with E-state index in [1.165, 1.54) is 13.2 Å². The standard InChI is InChI=1S/C9H6BrF2NO2/c1-14-4-2-3-5-7(6(4)10)13-9(15-5)8(11)12/h2-3,8H,1H3. The fourth-order valence-electron chi connectivity index (χ4n) is 1.21. The van der Waals surface area contributed by atoms with Crippen molar-refractivity contribution in [1.29, 1.82) is 0 Å². The molecule has 0 aliphatic rings. The highest BCUT2D eigenvalue weighted by atomic mass is 79.9. The maximum absolute atomic E-state index is 12.3. The Morgan fingerprint density at radius 2 is 2.20 bits per heavy atom. The van der Waals surface area contributed by atoms with Crippen LogP contribution in [0.1, 0.15) is 12.3 Å². The van der Waals surface area contributed by atoms with E-state index in [9.17, 15) is 8.78 Å². The van der Waals surface area contributed by atoms with Gasteiger partial charge in [-0.1, -0.05) is 0 Å². The fourth-order valence-corrected chi connectivity index (χ4v) is 1.79. The zero-order valence-corrected chi connectivity index (χ0v) is 9.22. The van der Waals surface area contributed by atoms with Gasteiger partial charge >= 0.3 is 6.43 Å². The molecular formula is C9H6BrF2NO2. The number of halogens is 3. The van der Waals surface area contributed by atoms with Crippen LogP contribution in [0.5, 0.6) is 5.75 Å². The Kier molecular flexibility index (Phi) is 2.60. The molecular weight excluding hydrogens is 272 g/mol. The highest BCUT2D eigenvalue weighted by Gasteiger charge is 2.18. The van der Waals surface area contributed by atoms with Gasteiger partial charge in [0.25, 0.3) is 5.89 Å². The largest absolute Gasteiger partial charge is 0.495 e. The zero-order valence-electron chi connectivity index (χ0n) is 7.63. The summed E-state index contributed by atoms with van der Waals surface area (Å²) in [5.74, 6) is -0.0597. The molecule has 0 radical (unpaired) electrons. The van der Waals surface area contributed by atoms with Gasteiger partial charge in [0, 0.05) is 0 Å². The fraction of sp³-hybridized carbons (Fsp3) is 0.222. The van der Waals surface area contributed by atoms with E-state index in [4.69, 9.17) is 9.15 Å². The van der Waals surface area contributed by atoms with Crippen molar-refractivity contribution in [3.8, 4) is 5.75 Å². The van der Waals surface area contributed by atoms with Crippen LogP contribution < -0.4 is 4.74 Å². The van der Waals surface area contributed by atoms with Gasteiger partial charge in [-0.05, 0) is 28.1 Å². The number of ether oxygens (including phenoxy) is 1. The molecule has 1 heterocycles. The molecule has 0 saturated carbocycles. The second kappa shape index (κ2) is 3.77. The van der Waals surface area contributed by atoms with Crippen molar-refractivity contribution in [3.05, 3.63) is 22.5 Å². The van der Waals surface area contributed by atoms with E-state index in [2.05, 4.69) is 20.9 Å². The first-order valence-corrected chi connectivity index (χ1v) is 4.84. The van der Waals surface area contributed by atoms with Gasteiger partial charge in [-0.2, -0.15) is 8.78 Å². The predicted octanol–water partition coefficient (Wildman–Crippen LogP) is 3.54. The number of alkyl halides is 2. The molecule has 3 nitrogen and oxygen atoms in total. The van der Waals surface area contributed by atoms with E-state index in [1.54, 1.807) is 6.07 Å². The van der Waals surface area contributed by atoms with Crippen molar-refractivity contribution < 1.29 is 17.9 Å². The van der Waals surface area contributed by atoms with Crippen molar-refractivity contribution >= 4 is 27.0 Å². The molecule has 0 bridgehead atoms. The first kappa shape index (κ1) is 10.4. The first-order valence-electron chi connectivity index (χ1n) is 4.04. The van der Waals surface area contributed by atoms with Gasteiger partial charge in [0.2, 0.25) is 0 Å². The van der Waals surface area contributed by atoms with Gasteiger partial charge in [0.05, 0.1) is 11.6 Å². The first-order chi connectivity index (χ1) is 7.13. The van der Waals surface area contributed by atoms with Crippen LogP contribution in [-0.4, -0.2) is 12.1 Å². The van der Waals surface area contributed by atoms with Crippen LogP contribution in [0.2, 0.25) is 0 Å². The zero-order chi connectivity index (χ0) is 11.0. The molecule has 0 atom stereocenters.